The molecule has 8 heavy (non-hydrogen) atoms. The lowest BCUT2D eigenvalue weighted by molar-refractivity contribution is -0.781. The van der Waals surface area contributed by atoms with Gasteiger partial charge in [-0.25, -0.2) is 0 Å². The predicted molar refractivity (Wildman–Crippen MR) is 29.0 cm³/mol. The van der Waals surface area contributed by atoms with E-state index in [-0.39, 0.29) is 0 Å². The summed E-state index contributed by atoms with van der Waals surface area (Å²) in [6, 6.07) is 0. The van der Waals surface area contributed by atoms with Crippen molar-refractivity contribution in [3.63, 3.8) is 0 Å². The monoisotopic (exact) mass is 116 g/mol. The third-order valence-electron chi connectivity index (χ3n) is 1.09. The Kier molecular flexibility index (Phi) is 1.86. The van der Waals surface area contributed by atoms with Crippen LogP contribution in [0.3, 0.4) is 0 Å². The lowest BCUT2D eigenvalue weighted by Gasteiger charge is -2.03. The number of ether oxygens (including phenoxy) is 1. The van der Waals surface area contributed by atoms with Crippen LogP contribution < -0.4 is 0 Å². The minimum Gasteiger partial charge on any atom is -0.364 e. The fourth-order valence-electron chi connectivity index (χ4n) is 0.631. The average molecular weight is 116 g/mol. The van der Waals surface area contributed by atoms with E-state index in [1.807, 2.05) is 6.21 Å². The molecule has 0 saturated heterocycles. The average Bonchev–Trinajstić information content (AvgIpc) is 1.90. The van der Waals surface area contributed by atoms with Crippen molar-refractivity contribution in [1.29, 1.82) is 0 Å². The zero-order valence-corrected chi connectivity index (χ0v) is 4.96. The predicted octanol–water partition coefficient (Wildman–Crippen LogP) is -0.339. The van der Waals surface area contributed by atoms with Gasteiger partial charge in [-0.15, -0.1) is 0 Å². The molecule has 0 N–H and O–H groups in total. The van der Waals surface area contributed by atoms with Crippen molar-refractivity contribution in [2.75, 3.05) is 26.9 Å². The van der Waals surface area contributed by atoms with E-state index in [2.05, 4.69) is 0 Å². The summed E-state index contributed by atoms with van der Waals surface area (Å²) in [5, 5.41) is 0. The maximum Gasteiger partial charge on any atom is 0.218 e. The van der Waals surface area contributed by atoms with Crippen LogP contribution in [0.15, 0.2) is 0 Å². The Morgan fingerprint density at radius 2 is 2.62 bits per heavy atom. The van der Waals surface area contributed by atoms with Gasteiger partial charge < -0.3 is 4.74 Å². The van der Waals surface area contributed by atoms with Crippen molar-refractivity contribution in [3.05, 3.63) is 0 Å². The van der Waals surface area contributed by atoms with Crippen LogP contribution in [-0.4, -0.2) is 37.8 Å². The van der Waals surface area contributed by atoms with Crippen LogP contribution in [-0.2, 0) is 9.57 Å². The fraction of sp³-hybridized carbons (Fsp3) is 0.800. The second-order valence-corrected chi connectivity index (χ2v) is 1.58. The lowest BCUT2D eigenvalue weighted by atomic mass is 10.6. The summed E-state index contributed by atoms with van der Waals surface area (Å²) in [4.78, 5) is 4.89. The van der Waals surface area contributed by atoms with Crippen LogP contribution in [0.1, 0.15) is 0 Å². The lowest BCUT2D eigenvalue weighted by Crippen LogP contribution is -2.25. The highest BCUT2D eigenvalue weighted by molar-refractivity contribution is 5.52. The van der Waals surface area contributed by atoms with Gasteiger partial charge in [0.15, 0.2) is 0 Å². The molecule has 0 bridgehead atoms. The largest absolute Gasteiger partial charge is 0.364 e. The highest BCUT2D eigenvalue weighted by Crippen LogP contribution is 1.83. The van der Waals surface area contributed by atoms with Crippen molar-refractivity contribution in [2.24, 2.45) is 0 Å². The van der Waals surface area contributed by atoms with Gasteiger partial charge >= 0.3 is 0 Å². The van der Waals surface area contributed by atoms with Gasteiger partial charge in [0.25, 0.3) is 0 Å². The first-order chi connectivity index (χ1) is 3.93. The Labute approximate surface area is 48.5 Å². The normalized spacial score (nSPS) is 19.9. The van der Waals surface area contributed by atoms with Crippen LogP contribution >= 0.6 is 0 Å². The van der Waals surface area contributed by atoms with E-state index in [1.54, 1.807) is 11.8 Å². The van der Waals surface area contributed by atoms with Crippen LogP contribution in [0.2, 0.25) is 0 Å². The van der Waals surface area contributed by atoms with Crippen molar-refractivity contribution in [2.45, 2.75) is 0 Å². The van der Waals surface area contributed by atoms with E-state index in [0.717, 1.165) is 13.2 Å². The van der Waals surface area contributed by atoms with Gasteiger partial charge in [0.05, 0.1) is 0 Å². The number of hydrogen-bond acceptors (Lipinski definition) is 2. The first-order valence-corrected chi connectivity index (χ1v) is 2.65. The van der Waals surface area contributed by atoms with Crippen LogP contribution in [0.25, 0.3) is 0 Å². The standard InChI is InChI=1S/C5H10NO2/c1-7-6-2-4-8-5-3-6/h2H,3-5H2,1H3/q+1. The topological polar surface area (TPSA) is 21.5 Å². The molecule has 0 saturated carbocycles. The smallest absolute Gasteiger partial charge is 0.218 e. The Bertz CT molecular complexity index is 101. The van der Waals surface area contributed by atoms with Crippen LogP contribution in [0.4, 0.5) is 0 Å². The number of rotatable bonds is 1. The second-order valence-electron chi connectivity index (χ2n) is 1.58. The van der Waals surface area contributed by atoms with Gasteiger partial charge in [0.2, 0.25) is 12.8 Å². The minimum absolute atomic E-state index is 0.674. The first-order valence-electron chi connectivity index (χ1n) is 2.65. The van der Waals surface area contributed by atoms with Crippen molar-refractivity contribution >= 4 is 6.21 Å². The van der Waals surface area contributed by atoms with Gasteiger partial charge in [-0.05, 0) is 4.74 Å². The molecule has 46 valence electrons. The Hall–Kier alpha value is -0.570. The Morgan fingerprint density at radius 1 is 1.75 bits per heavy atom. The van der Waals surface area contributed by atoms with E-state index in [1.165, 1.54) is 0 Å². The molecule has 0 fully saturated rings. The molecule has 0 aromatic rings. The first kappa shape index (κ1) is 5.56. The molecule has 0 aliphatic carbocycles. The fourth-order valence-corrected chi connectivity index (χ4v) is 0.631. The van der Waals surface area contributed by atoms with Gasteiger partial charge in [-0.3, -0.25) is 4.84 Å². The summed E-state index contributed by atoms with van der Waals surface area (Å²) in [5.41, 5.74) is 0. The Balaban J connectivity index is 2.37. The Morgan fingerprint density at radius 3 is 3.00 bits per heavy atom. The molecule has 0 spiro atoms. The highest BCUT2D eigenvalue weighted by atomic mass is 16.7. The van der Waals surface area contributed by atoms with Crippen molar-refractivity contribution in [3.8, 4) is 0 Å². The molecule has 1 aliphatic rings. The van der Waals surface area contributed by atoms with Gasteiger partial charge in [-0.1, -0.05) is 0 Å². The molecule has 0 radical (unpaired) electrons. The molecule has 3 nitrogen and oxygen atoms in total. The zero-order chi connectivity index (χ0) is 5.82. The van der Waals surface area contributed by atoms with Gasteiger partial charge in [0, 0.05) is 0 Å². The summed E-state index contributed by atoms with van der Waals surface area (Å²) in [6.45, 7) is 2.29. The van der Waals surface area contributed by atoms with Crippen molar-refractivity contribution < 1.29 is 14.3 Å². The van der Waals surface area contributed by atoms with E-state index < -0.39 is 0 Å². The molecule has 3 heteroatoms. The quantitative estimate of drug-likeness (QED) is 0.437. The third-order valence-corrected chi connectivity index (χ3v) is 1.09. The van der Waals surface area contributed by atoms with Gasteiger partial charge in [-0.2, -0.15) is 0 Å². The molecule has 0 aromatic heterocycles. The van der Waals surface area contributed by atoms with E-state index >= 15 is 0 Å². The molecule has 1 rings (SSSR count). The maximum atomic E-state index is 5.02. The summed E-state index contributed by atoms with van der Waals surface area (Å²) < 4.78 is 6.79. The molecule has 1 heterocycles. The molecule has 0 aromatic carbocycles. The van der Waals surface area contributed by atoms with E-state index in [9.17, 15) is 0 Å². The van der Waals surface area contributed by atoms with Crippen LogP contribution in [0, 0.1) is 0 Å². The van der Waals surface area contributed by atoms with E-state index in [4.69, 9.17) is 9.57 Å². The SMILES string of the molecule is CO[N+]1=CCOCC1. The number of hydroxylamine groups is 1. The third kappa shape index (κ3) is 1.20. The number of hydrogen-bond donors (Lipinski definition) is 0. The maximum absolute atomic E-state index is 5.02. The number of nitrogens with zero attached hydrogens (tertiary/aromatic N) is 1. The van der Waals surface area contributed by atoms with Crippen LogP contribution in [0.5, 0.6) is 0 Å². The summed E-state index contributed by atoms with van der Waals surface area (Å²) >= 11 is 0. The zero-order valence-electron chi connectivity index (χ0n) is 4.96. The molecule has 0 atom stereocenters. The molecule has 0 unspecified atom stereocenters. The highest BCUT2D eigenvalue weighted by Gasteiger charge is 2.07. The molecular weight excluding hydrogens is 106 g/mol. The molecular formula is C5H10NO2+. The minimum atomic E-state index is 0.674. The van der Waals surface area contributed by atoms with E-state index in [0.29, 0.717) is 6.61 Å². The molecule has 1 aliphatic heterocycles. The summed E-state index contributed by atoms with van der Waals surface area (Å²) in [7, 11) is 1.65. The second kappa shape index (κ2) is 2.67. The summed E-state index contributed by atoms with van der Waals surface area (Å²) in [6.07, 6.45) is 1.88. The molecule has 0 amide bonds. The summed E-state index contributed by atoms with van der Waals surface area (Å²) in [5.74, 6) is 0. The van der Waals surface area contributed by atoms with Crippen molar-refractivity contribution in [1.82, 2.24) is 0 Å². The van der Waals surface area contributed by atoms with Gasteiger partial charge in [0.1, 0.15) is 20.3 Å².